The monoisotopic (exact) mass is 273 g/mol. The van der Waals surface area contributed by atoms with Crippen LogP contribution in [0, 0.1) is 5.92 Å². The van der Waals surface area contributed by atoms with Gasteiger partial charge in [0.15, 0.2) is 0 Å². The van der Waals surface area contributed by atoms with E-state index in [1.165, 1.54) is 0 Å². The first kappa shape index (κ1) is 12.6. The smallest absolute Gasteiger partial charge is 0.131 e. The van der Waals surface area contributed by atoms with Gasteiger partial charge in [-0.3, -0.25) is 0 Å². The van der Waals surface area contributed by atoms with Gasteiger partial charge < -0.3 is 5.32 Å². The normalized spacial score (nSPS) is 16.7. The Labute approximate surface area is 117 Å². The summed E-state index contributed by atoms with van der Waals surface area (Å²) >= 11 is 5.92. The molecular formula is C15H16ClN3. The van der Waals surface area contributed by atoms with E-state index in [1.807, 2.05) is 12.1 Å². The third kappa shape index (κ3) is 2.62. The lowest BCUT2D eigenvalue weighted by atomic mass is 9.89. The lowest BCUT2D eigenvalue weighted by molar-refractivity contribution is 0.446. The highest BCUT2D eigenvalue weighted by atomic mass is 35.5. The van der Waals surface area contributed by atoms with E-state index in [9.17, 15) is 0 Å². The van der Waals surface area contributed by atoms with Gasteiger partial charge in [-0.25, -0.2) is 9.97 Å². The van der Waals surface area contributed by atoms with E-state index in [-0.39, 0.29) is 0 Å². The van der Waals surface area contributed by atoms with Gasteiger partial charge >= 0.3 is 0 Å². The van der Waals surface area contributed by atoms with Gasteiger partial charge in [0, 0.05) is 17.6 Å². The van der Waals surface area contributed by atoms with Gasteiger partial charge in [0.05, 0.1) is 11.2 Å². The van der Waals surface area contributed by atoms with Crippen LogP contribution in [-0.4, -0.2) is 23.1 Å². The highest BCUT2D eigenvalue weighted by Gasteiger charge is 2.18. The Kier molecular flexibility index (Phi) is 3.49. The number of hydrogen-bond donors (Lipinski definition) is 1. The van der Waals surface area contributed by atoms with Crippen molar-refractivity contribution in [3.05, 3.63) is 41.8 Å². The van der Waals surface area contributed by atoms with Crippen LogP contribution < -0.4 is 5.32 Å². The summed E-state index contributed by atoms with van der Waals surface area (Å²) in [4.78, 5) is 8.73. The number of aromatic nitrogens is 2. The van der Waals surface area contributed by atoms with Crippen LogP contribution in [0.5, 0.6) is 0 Å². The Balaban J connectivity index is 1.93. The summed E-state index contributed by atoms with van der Waals surface area (Å²) in [6.45, 7) is 6.36. The minimum absolute atomic E-state index is 0.477. The highest BCUT2D eigenvalue weighted by Crippen LogP contribution is 2.28. The summed E-state index contributed by atoms with van der Waals surface area (Å²) in [6.07, 6.45) is 4.02. The molecule has 3 heterocycles. The zero-order valence-electron chi connectivity index (χ0n) is 10.7. The summed E-state index contributed by atoms with van der Waals surface area (Å²) in [5.41, 5.74) is 2.99. The van der Waals surface area contributed by atoms with E-state index >= 15 is 0 Å². The third-order valence-electron chi connectivity index (χ3n) is 3.70. The van der Waals surface area contributed by atoms with Crippen molar-refractivity contribution in [3.63, 3.8) is 0 Å². The van der Waals surface area contributed by atoms with Gasteiger partial charge in [0.2, 0.25) is 0 Å². The zero-order valence-corrected chi connectivity index (χ0v) is 11.5. The van der Waals surface area contributed by atoms with E-state index in [0.29, 0.717) is 11.1 Å². The molecule has 4 heteroatoms. The summed E-state index contributed by atoms with van der Waals surface area (Å²) in [7, 11) is 0. The molecule has 0 spiro atoms. The Morgan fingerprint density at radius 2 is 2.11 bits per heavy atom. The molecule has 2 aromatic rings. The molecule has 0 saturated carbocycles. The number of halogens is 1. The molecule has 2 aromatic heterocycles. The van der Waals surface area contributed by atoms with Crippen molar-refractivity contribution in [3.8, 4) is 0 Å². The standard InChI is InChI=1S/C15H16ClN3/c1-10(11-4-6-17-7-5-11)13-3-2-12-9-18-15(16)8-14(12)19-13/h2-3,8-9,11,17H,1,4-7H2. The van der Waals surface area contributed by atoms with E-state index < -0.39 is 0 Å². The molecule has 0 unspecified atom stereocenters. The number of fused-ring (bicyclic) bond motifs is 1. The second-order valence-corrected chi connectivity index (χ2v) is 5.33. The molecule has 1 N–H and O–H groups in total. The van der Waals surface area contributed by atoms with Crippen LogP contribution >= 0.6 is 11.6 Å². The average Bonchev–Trinajstić information content (AvgIpc) is 2.46. The topological polar surface area (TPSA) is 37.8 Å². The van der Waals surface area contributed by atoms with Gasteiger partial charge in [-0.2, -0.15) is 0 Å². The van der Waals surface area contributed by atoms with E-state index in [1.54, 1.807) is 12.3 Å². The maximum atomic E-state index is 5.92. The lowest BCUT2D eigenvalue weighted by Crippen LogP contribution is -2.28. The van der Waals surface area contributed by atoms with Crippen molar-refractivity contribution < 1.29 is 0 Å². The van der Waals surface area contributed by atoms with Gasteiger partial charge in [0.1, 0.15) is 5.15 Å². The fourth-order valence-electron chi connectivity index (χ4n) is 2.55. The molecule has 3 nitrogen and oxygen atoms in total. The molecular weight excluding hydrogens is 258 g/mol. The first-order chi connectivity index (χ1) is 9.24. The summed E-state index contributed by atoms with van der Waals surface area (Å²) in [5, 5.41) is 4.85. The van der Waals surface area contributed by atoms with Crippen LogP contribution in [0.25, 0.3) is 16.5 Å². The molecule has 1 fully saturated rings. The minimum atomic E-state index is 0.477. The Morgan fingerprint density at radius 1 is 1.32 bits per heavy atom. The van der Waals surface area contributed by atoms with Gasteiger partial charge in [-0.15, -0.1) is 0 Å². The number of rotatable bonds is 2. The van der Waals surface area contributed by atoms with E-state index in [4.69, 9.17) is 11.6 Å². The molecule has 0 radical (unpaired) electrons. The molecule has 1 saturated heterocycles. The molecule has 0 amide bonds. The zero-order chi connectivity index (χ0) is 13.2. The molecule has 0 aliphatic carbocycles. The Bertz CT molecular complexity index is 618. The maximum absolute atomic E-state index is 5.92. The fraction of sp³-hybridized carbons (Fsp3) is 0.333. The minimum Gasteiger partial charge on any atom is -0.317 e. The average molecular weight is 274 g/mol. The number of hydrogen-bond acceptors (Lipinski definition) is 3. The fourth-order valence-corrected chi connectivity index (χ4v) is 2.70. The summed E-state index contributed by atoms with van der Waals surface area (Å²) in [6, 6.07) is 5.87. The van der Waals surface area contributed by atoms with Crippen molar-refractivity contribution in [2.45, 2.75) is 12.8 Å². The number of allylic oxidation sites excluding steroid dienone is 1. The van der Waals surface area contributed by atoms with Crippen LogP contribution in [0.1, 0.15) is 18.5 Å². The van der Waals surface area contributed by atoms with Crippen LogP contribution in [0.4, 0.5) is 0 Å². The number of nitrogens with zero attached hydrogens (tertiary/aromatic N) is 2. The predicted molar refractivity (Wildman–Crippen MR) is 79.2 cm³/mol. The van der Waals surface area contributed by atoms with Crippen molar-refractivity contribution in [2.24, 2.45) is 5.92 Å². The second-order valence-electron chi connectivity index (χ2n) is 4.95. The molecule has 19 heavy (non-hydrogen) atoms. The number of pyridine rings is 2. The first-order valence-electron chi connectivity index (χ1n) is 6.56. The Hall–Kier alpha value is -1.45. The largest absolute Gasteiger partial charge is 0.317 e. The van der Waals surface area contributed by atoms with Gasteiger partial charge in [-0.05, 0) is 49.6 Å². The van der Waals surface area contributed by atoms with E-state index in [0.717, 1.165) is 48.1 Å². The predicted octanol–water partition coefficient (Wildman–Crippen LogP) is 3.30. The first-order valence-corrected chi connectivity index (χ1v) is 6.94. The van der Waals surface area contributed by atoms with Crippen LogP contribution in [0.3, 0.4) is 0 Å². The van der Waals surface area contributed by atoms with Crippen LogP contribution in [0.15, 0.2) is 31.0 Å². The molecule has 98 valence electrons. The molecule has 3 rings (SSSR count). The van der Waals surface area contributed by atoms with Crippen molar-refractivity contribution >= 4 is 28.1 Å². The summed E-state index contributed by atoms with van der Waals surface area (Å²) < 4.78 is 0. The van der Waals surface area contributed by atoms with Gasteiger partial charge in [0.25, 0.3) is 0 Å². The number of nitrogens with one attached hydrogen (secondary N) is 1. The third-order valence-corrected chi connectivity index (χ3v) is 3.91. The Morgan fingerprint density at radius 3 is 2.89 bits per heavy atom. The number of piperidine rings is 1. The second kappa shape index (κ2) is 5.27. The summed E-state index contributed by atoms with van der Waals surface area (Å²) in [5.74, 6) is 0.531. The van der Waals surface area contributed by atoms with Gasteiger partial charge in [-0.1, -0.05) is 18.2 Å². The lowest BCUT2D eigenvalue weighted by Gasteiger charge is -2.24. The highest BCUT2D eigenvalue weighted by molar-refractivity contribution is 6.29. The molecule has 0 bridgehead atoms. The van der Waals surface area contributed by atoms with Crippen molar-refractivity contribution in [1.29, 1.82) is 0 Å². The molecule has 1 aliphatic heterocycles. The van der Waals surface area contributed by atoms with E-state index in [2.05, 4.69) is 21.9 Å². The van der Waals surface area contributed by atoms with Crippen molar-refractivity contribution in [1.82, 2.24) is 15.3 Å². The molecule has 1 aliphatic rings. The quantitative estimate of drug-likeness (QED) is 0.853. The van der Waals surface area contributed by atoms with Crippen molar-refractivity contribution in [2.75, 3.05) is 13.1 Å². The SMILES string of the molecule is C=C(c1ccc2cnc(Cl)cc2n1)C1CCNCC1. The molecule has 0 aromatic carbocycles. The molecule has 0 atom stereocenters. The van der Waals surface area contributed by atoms with Crippen LogP contribution in [0.2, 0.25) is 5.15 Å². The van der Waals surface area contributed by atoms with Crippen LogP contribution in [-0.2, 0) is 0 Å². The maximum Gasteiger partial charge on any atom is 0.131 e.